The summed E-state index contributed by atoms with van der Waals surface area (Å²) in [6, 6.07) is 80.7. The van der Waals surface area contributed by atoms with Gasteiger partial charge in [0.05, 0.1) is 0 Å². The van der Waals surface area contributed by atoms with Crippen molar-refractivity contribution in [2.24, 2.45) is 0 Å². The van der Waals surface area contributed by atoms with E-state index in [2.05, 4.69) is 256 Å². The summed E-state index contributed by atoms with van der Waals surface area (Å²) in [6.45, 7) is 8.86. The molecule has 0 heterocycles. The molecule has 0 saturated heterocycles. The Balaban J connectivity index is 1.24. The molecule has 2 nitrogen and oxygen atoms in total. The second-order valence-corrected chi connectivity index (χ2v) is 17.4. The van der Waals surface area contributed by atoms with Crippen LogP contribution in [0.5, 0.6) is 0 Å². The van der Waals surface area contributed by atoms with Gasteiger partial charge in [-0.3, -0.25) is 0 Å². The minimum absolute atomic E-state index is 1.11. The predicted octanol–water partition coefficient (Wildman–Crippen LogP) is 17.8. The molecule has 0 atom stereocenters. The van der Waals surface area contributed by atoms with E-state index in [1.807, 2.05) is 0 Å². The lowest BCUT2D eigenvalue weighted by Gasteiger charge is -2.28. The summed E-state index contributed by atoms with van der Waals surface area (Å²) in [4.78, 5) is 4.81. The quantitative estimate of drug-likeness (QED) is 0.141. The summed E-state index contributed by atoms with van der Waals surface area (Å²) in [5.74, 6) is 0. The van der Waals surface area contributed by atoms with Gasteiger partial charge in [-0.2, -0.15) is 0 Å². The Kier molecular flexibility index (Phi) is 9.78. The second kappa shape index (κ2) is 16.1. The molecule has 64 heavy (non-hydrogen) atoms. The van der Waals surface area contributed by atoms with Crippen LogP contribution >= 0.6 is 0 Å². The molecular weight excluding hydrogens is 773 g/mol. The maximum atomic E-state index is 2.44. The molecule has 11 aromatic carbocycles. The van der Waals surface area contributed by atoms with Gasteiger partial charge < -0.3 is 9.80 Å². The smallest absolute Gasteiger partial charge is 0.0468 e. The first kappa shape index (κ1) is 38.9. The number of benzene rings is 11. The fraction of sp³-hybridized carbons (Fsp3) is 0.0645. The molecule has 0 spiro atoms. The van der Waals surface area contributed by atoms with E-state index in [4.69, 9.17) is 0 Å². The zero-order chi connectivity index (χ0) is 43.3. The van der Waals surface area contributed by atoms with Gasteiger partial charge in [0.1, 0.15) is 0 Å². The van der Waals surface area contributed by atoms with Crippen LogP contribution in [0.25, 0.3) is 65.3 Å². The lowest BCUT2D eigenvalue weighted by molar-refractivity contribution is 1.29. The molecular formula is C62H48N2. The lowest BCUT2D eigenvalue weighted by atomic mass is 9.84. The van der Waals surface area contributed by atoms with Crippen LogP contribution in [-0.2, 0) is 0 Å². The fourth-order valence-corrected chi connectivity index (χ4v) is 10.0. The van der Waals surface area contributed by atoms with Gasteiger partial charge in [0.2, 0.25) is 0 Å². The van der Waals surface area contributed by atoms with E-state index in [1.54, 1.807) is 0 Å². The largest absolute Gasteiger partial charge is 0.310 e. The van der Waals surface area contributed by atoms with E-state index in [0.29, 0.717) is 0 Å². The average molecular weight is 821 g/mol. The number of para-hydroxylation sites is 2. The molecule has 0 aliphatic rings. The van der Waals surface area contributed by atoms with E-state index in [0.717, 1.165) is 34.1 Å². The molecule has 0 fully saturated rings. The van der Waals surface area contributed by atoms with Crippen molar-refractivity contribution in [1.82, 2.24) is 0 Å². The minimum Gasteiger partial charge on any atom is -0.310 e. The zero-order valence-electron chi connectivity index (χ0n) is 36.7. The van der Waals surface area contributed by atoms with Crippen molar-refractivity contribution in [1.29, 1.82) is 0 Å². The van der Waals surface area contributed by atoms with Gasteiger partial charge in [0.25, 0.3) is 0 Å². The molecule has 0 aromatic heterocycles. The summed E-state index contributed by atoms with van der Waals surface area (Å²) in [5, 5.41) is 9.75. The van der Waals surface area contributed by atoms with E-state index in [9.17, 15) is 0 Å². The number of fused-ring (bicyclic) bond motifs is 4. The Morgan fingerprint density at radius 1 is 0.234 bits per heavy atom. The molecule has 0 aliphatic heterocycles. The highest BCUT2D eigenvalue weighted by molar-refractivity contribution is 6.23. The van der Waals surface area contributed by atoms with Gasteiger partial charge in [0.15, 0.2) is 0 Å². The molecule has 0 radical (unpaired) electrons. The molecule has 306 valence electrons. The van der Waals surface area contributed by atoms with Gasteiger partial charge in [0, 0.05) is 34.1 Å². The van der Waals surface area contributed by atoms with Crippen molar-refractivity contribution in [2.75, 3.05) is 9.80 Å². The number of hydrogen-bond acceptors (Lipinski definition) is 2. The SMILES string of the molecule is Cc1cc(C)cc(-c2c3ccc(N(c4ccccc4)c4ccc5ccccc5c4)cc3c(-c3cc(C)cc(C)c3)c3ccc(N(c4ccccc4)c4ccc5ccccc5c4)cc23)c1. The van der Waals surface area contributed by atoms with Gasteiger partial charge in [-0.25, -0.2) is 0 Å². The van der Waals surface area contributed by atoms with Crippen LogP contribution < -0.4 is 9.80 Å². The highest BCUT2D eigenvalue weighted by Gasteiger charge is 2.23. The summed E-state index contributed by atoms with van der Waals surface area (Å²) in [5.41, 5.74) is 16.6. The van der Waals surface area contributed by atoms with Gasteiger partial charge >= 0.3 is 0 Å². The Morgan fingerprint density at radius 3 is 0.953 bits per heavy atom. The van der Waals surface area contributed by atoms with E-state index in [-0.39, 0.29) is 0 Å². The molecule has 0 amide bonds. The van der Waals surface area contributed by atoms with E-state index < -0.39 is 0 Å². The van der Waals surface area contributed by atoms with Gasteiger partial charge in [-0.05, 0) is 166 Å². The third-order valence-corrected chi connectivity index (χ3v) is 12.6. The highest BCUT2D eigenvalue weighted by atomic mass is 15.1. The Bertz CT molecular complexity index is 3270. The predicted molar refractivity (Wildman–Crippen MR) is 276 cm³/mol. The Labute approximate surface area is 375 Å². The van der Waals surface area contributed by atoms with Crippen LogP contribution in [0, 0.1) is 27.7 Å². The zero-order valence-corrected chi connectivity index (χ0v) is 36.7. The number of nitrogens with zero attached hydrogens (tertiary/aromatic N) is 2. The number of hydrogen-bond donors (Lipinski definition) is 0. The average Bonchev–Trinajstić information content (AvgIpc) is 3.31. The van der Waals surface area contributed by atoms with E-state index in [1.165, 1.54) is 87.6 Å². The first-order valence-corrected chi connectivity index (χ1v) is 22.2. The summed E-state index contributed by atoms with van der Waals surface area (Å²) in [7, 11) is 0. The highest BCUT2D eigenvalue weighted by Crippen LogP contribution is 2.49. The maximum absolute atomic E-state index is 2.44. The van der Waals surface area contributed by atoms with Crippen molar-refractivity contribution >= 4 is 77.2 Å². The standard InChI is InChI=1S/C62H48N2/c1-41-31-42(2)34-49(33-41)61-57-29-27-56(64(52-21-9-6-10-22-52)54-26-24-46-16-12-14-18-48(46)38-54)40-60(57)62(50-35-43(3)32-44(4)36-50)58-30-28-55(39-59(58)61)63(51-19-7-5-8-20-51)53-25-23-45-15-11-13-17-47(45)37-53/h5-40H,1-4H3. The van der Waals surface area contributed by atoms with Crippen molar-refractivity contribution in [3.05, 3.63) is 241 Å². The molecule has 0 N–H and O–H groups in total. The van der Waals surface area contributed by atoms with Crippen molar-refractivity contribution in [3.8, 4) is 22.3 Å². The van der Waals surface area contributed by atoms with E-state index >= 15 is 0 Å². The second-order valence-electron chi connectivity index (χ2n) is 17.4. The normalized spacial score (nSPS) is 11.4. The van der Waals surface area contributed by atoms with Crippen molar-refractivity contribution in [2.45, 2.75) is 27.7 Å². The first-order chi connectivity index (χ1) is 31.3. The summed E-state index contributed by atoms with van der Waals surface area (Å²) >= 11 is 0. The molecule has 11 rings (SSSR count). The molecule has 0 bridgehead atoms. The summed E-state index contributed by atoms with van der Waals surface area (Å²) < 4.78 is 0. The van der Waals surface area contributed by atoms with Crippen molar-refractivity contribution in [3.63, 3.8) is 0 Å². The molecule has 0 unspecified atom stereocenters. The number of rotatable bonds is 8. The summed E-state index contributed by atoms with van der Waals surface area (Å²) in [6.07, 6.45) is 0. The van der Waals surface area contributed by atoms with Crippen LogP contribution in [0.2, 0.25) is 0 Å². The molecule has 0 saturated carbocycles. The van der Waals surface area contributed by atoms with Crippen LogP contribution in [0.3, 0.4) is 0 Å². The molecule has 11 aromatic rings. The van der Waals surface area contributed by atoms with Crippen LogP contribution in [0.4, 0.5) is 34.1 Å². The maximum Gasteiger partial charge on any atom is 0.0468 e. The molecule has 2 heteroatoms. The third-order valence-electron chi connectivity index (χ3n) is 12.6. The Hall–Kier alpha value is -7.94. The first-order valence-electron chi connectivity index (χ1n) is 22.2. The van der Waals surface area contributed by atoms with Gasteiger partial charge in [-0.15, -0.1) is 0 Å². The van der Waals surface area contributed by atoms with Crippen molar-refractivity contribution < 1.29 is 0 Å². The third kappa shape index (κ3) is 7.13. The topological polar surface area (TPSA) is 6.48 Å². The fourth-order valence-electron chi connectivity index (χ4n) is 10.0. The van der Waals surface area contributed by atoms with Crippen LogP contribution in [-0.4, -0.2) is 0 Å². The monoisotopic (exact) mass is 820 g/mol. The number of aryl methyl sites for hydroxylation is 4. The number of anilines is 6. The van der Waals surface area contributed by atoms with Crippen LogP contribution in [0.15, 0.2) is 218 Å². The molecule has 0 aliphatic carbocycles. The van der Waals surface area contributed by atoms with Gasteiger partial charge in [-0.1, -0.05) is 168 Å². The van der Waals surface area contributed by atoms with Crippen LogP contribution in [0.1, 0.15) is 22.3 Å². The Morgan fingerprint density at radius 2 is 0.562 bits per heavy atom. The lowest BCUT2D eigenvalue weighted by Crippen LogP contribution is -2.10. The minimum atomic E-state index is 1.11.